The Kier molecular flexibility index (Phi) is 28.6. The van der Waals surface area contributed by atoms with Crippen LogP contribution >= 0.6 is 0 Å². The van der Waals surface area contributed by atoms with Gasteiger partial charge in [0.2, 0.25) is 0 Å². The fraction of sp³-hybridized carbons (Fsp3) is 0.782. The number of hydrogen-bond acceptors (Lipinski definition) is 3. The van der Waals surface area contributed by atoms with E-state index in [2.05, 4.69) is 130 Å². The van der Waals surface area contributed by atoms with Gasteiger partial charge in [-0.05, 0) is 102 Å². The summed E-state index contributed by atoms with van der Waals surface area (Å²) in [6, 6.07) is 17.6. The molecule has 0 aliphatic heterocycles. The quantitative estimate of drug-likeness (QED) is 0.0744. The first kappa shape index (κ1) is 52.1. The van der Waals surface area contributed by atoms with Crippen molar-refractivity contribution >= 4 is 0 Å². The van der Waals surface area contributed by atoms with Gasteiger partial charge in [0, 0.05) is 0 Å². The summed E-state index contributed by atoms with van der Waals surface area (Å²) < 4.78 is 12.4. The monoisotopic (exact) mass is 804 g/mol. The molecule has 334 valence electrons. The van der Waals surface area contributed by atoms with Crippen molar-refractivity contribution in [2.24, 2.45) is 47.3 Å². The summed E-state index contributed by atoms with van der Waals surface area (Å²) in [6.45, 7) is 28.7. The molecule has 0 heterocycles. The van der Waals surface area contributed by atoms with Gasteiger partial charge in [0.05, 0.1) is 19.3 Å². The first-order valence-electron chi connectivity index (χ1n) is 25.0. The molecule has 2 rings (SSSR count). The molecule has 2 aromatic rings. The van der Waals surface area contributed by atoms with Crippen LogP contribution in [0.1, 0.15) is 222 Å². The van der Waals surface area contributed by atoms with Gasteiger partial charge in [-0.3, -0.25) is 0 Å². The van der Waals surface area contributed by atoms with Gasteiger partial charge in [-0.15, -0.1) is 0 Å². The maximum absolute atomic E-state index is 6.22. The van der Waals surface area contributed by atoms with E-state index in [0.29, 0.717) is 11.8 Å². The van der Waals surface area contributed by atoms with Gasteiger partial charge in [0.15, 0.2) is 0 Å². The van der Waals surface area contributed by atoms with Gasteiger partial charge in [-0.1, -0.05) is 216 Å². The highest BCUT2D eigenvalue weighted by Crippen LogP contribution is 2.28. The molecule has 6 atom stereocenters. The van der Waals surface area contributed by atoms with Crippen LogP contribution in [0.5, 0.6) is 11.5 Å². The Bertz CT molecular complexity index is 1130. The van der Waals surface area contributed by atoms with Gasteiger partial charge < -0.3 is 14.8 Å². The Balaban J connectivity index is 1.63. The second kappa shape index (κ2) is 31.8. The summed E-state index contributed by atoms with van der Waals surface area (Å²) >= 11 is 0. The van der Waals surface area contributed by atoms with Crippen LogP contribution in [0.4, 0.5) is 0 Å². The third-order valence-corrected chi connectivity index (χ3v) is 13.1. The lowest BCUT2D eigenvalue weighted by atomic mass is 9.91. The third kappa shape index (κ3) is 25.6. The Morgan fingerprint density at radius 3 is 0.879 bits per heavy atom. The van der Waals surface area contributed by atoms with E-state index >= 15 is 0 Å². The highest BCUT2D eigenvalue weighted by molar-refractivity contribution is 5.37. The molecule has 0 amide bonds. The Morgan fingerprint density at radius 1 is 0.362 bits per heavy atom. The minimum atomic E-state index is 0.147. The van der Waals surface area contributed by atoms with Crippen molar-refractivity contribution in [2.75, 3.05) is 19.8 Å². The average molecular weight is 804 g/mol. The lowest BCUT2D eigenvalue weighted by molar-refractivity contribution is 0.274. The molecule has 6 unspecified atom stereocenters. The molecule has 0 saturated heterocycles. The molecular formula is C55H97NO2. The zero-order chi connectivity index (χ0) is 42.5. The minimum absolute atomic E-state index is 0.147. The summed E-state index contributed by atoms with van der Waals surface area (Å²) in [5.74, 6) is 8.55. The van der Waals surface area contributed by atoms with Crippen LogP contribution in [0.2, 0.25) is 0 Å². The summed E-state index contributed by atoms with van der Waals surface area (Å²) in [5.41, 5.74) is 2.53. The largest absolute Gasteiger partial charge is 0.494 e. The maximum atomic E-state index is 6.22. The van der Waals surface area contributed by atoms with Crippen molar-refractivity contribution < 1.29 is 9.47 Å². The fourth-order valence-electron chi connectivity index (χ4n) is 8.78. The molecular weight excluding hydrogens is 707 g/mol. The summed E-state index contributed by atoms with van der Waals surface area (Å²) in [6.07, 6.45) is 27.1. The van der Waals surface area contributed by atoms with Crippen LogP contribution in [0.15, 0.2) is 48.5 Å². The van der Waals surface area contributed by atoms with Gasteiger partial charge in [-0.2, -0.15) is 0 Å². The fourth-order valence-corrected chi connectivity index (χ4v) is 8.78. The van der Waals surface area contributed by atoms with Crippen LogP contribution in [0.3, 0.4) is 0 Å². The smallest absolute Gasteiger partial charge is 0.119 e. The molecule has 0 bridgehead atoms. The second-order valence-electron chi connectivity index (χ2n) is 20.4. The number of benzene rings is 2. The van der Waals surface area contributed by atoms with Crippen molar-refractivity contribution in [3.63, 3.8) is 0 Å². The topological polar surface area (TPSA) is 30.5 Å². The van der Waals surface area contributed by atoms with Crippen LogP contribution in [-0.2, 0) is 0 Å². The van der Waals surface area contributed by atoms with Crippen molar-refractivity contribution in [1.29, 1.82) is 0 Å². The van der Waals surface area contributed by atoms with Crippen LogP contribution in [-0.4, -0.2) is 19.8 Å². The predicted octanol–water partition coefficient (Wildman–Crippen LogP) is 17.1. The molecule has 0 aliphatic carbocycles. The first-order valence-corrected chi connectivity index (χ1v) is 25.0. The van der Waals surface area contributed by atoms with Gasteiger partial charge in [0.1, 0.15) is 11.5 Å². The van der Waals surface area contributed by atoms with E-state index in [1.807, 2.05) is 0 Å². The molecule has 0 aliphatic rings. The van der Waals surface area contributed by atoms with E-state index in [4.69, 9.17) is 9.47 Å². The van der Waals surface area contributed by atoms with Gasteiger partial charge in [0.25, 0.3) is 0 Å². The van der Waals surface area contributed by atoms with Crippen molar-refractivity contribution in [3.05, 3.63) is 59.7 Å². The molecule has 3 heteroatoms. The standard InChI is InChI=1S/C55H97NO2/c1-12-56-55(51-31-35-53(36-32-51)57-41-39-49(10)29-17-27-47(8)25-15-23-45(6)21-13-19-43(2)3)52-33-37-54(38-34-52)58-42-40-50(11)30-18-28-48(9)26-16-24-46(7)22-14-20-44(4)5/h31-38,43-50,55-56H,12-30,39-42H2,1-11H3. The third-order valence-electron chi connectivity index (χ3n) is 13.1. The molecule has 3 nitrogen and oxygen atoms in total. The van der Waals surface area contributed by atoms with E-state index in [-0.39, 0.29) is 6.04 Å². The van der Waals surface area contributed by atoms with Crippen LogP contribution in [0.25, 0.3) is 0 Å². The molecule has 0 radical (unpaired) electrons. The molecule has 0 fully saturated rings. The molecule has 2 aromatic carbocycles. The van der Waals surface area contributed by atoms with Crippen molar-refractivity contribution in [2.45, 2.75) is 211 Å². The van der Waals surface area contributed by atoms with E-state index in [0.717, 1.165) is 79.6 Å². The first-order chi connectivity index (χ1) is 27.9. The maximum Gasteiger partial charge on any atom is 0.119 e. The zero-order valence-corrected chi connectivity index (χ0v) is 40.4. The Morgan fingerprint density at radius 2 is 0.621 bits per heavy atom. The molecule has 0 spiro atoms. The van der Waals surface area contributed by atoms with E-state index in [1.54, 1.807) is 0 Å². The number of rotatable bonds is 36. The SMILES string of the molecule is CCNC(c1ccc(OCCC(C)CCCC(C)CCCC(C)CCCC(C)C)cc1)c1ccc(OCCC(C)CCCC(C)CCCC(C)CCCC(C)C)cc1. The number of nitrogens with one attached hydrogen (secondary N) is 1. The van der Waals surface area contributed by atoms with Crippen molar-refractivity contribution in [1.82, 2.24) is 5.32 Å². The molecule has 0 saturated carbocycles. The highest BCUT2D eigenvalue weighted by Gasteiger charge is 2.15. The second-order valence-corrected chi connectivity index (χ2v) is 20.4. The summed E-state index contributed by atoms with van der Waals surface area (Å²) in [4.78, 5) is 0. The zero-order valence-electron chi connectivity index (χ0n) is 40.4. The van der Waals surface area contributed by atoms with Crippen molar-refractivity contribution in [3.8, 4) is 11.5 Å². The highest BCUT2D eigenvalue weighted by atomic mass is 16.5. The lowest BCUT2D eigenvalue weighted by Crippen LogP contribution is -2.21. The van der Waals surface area contributed by atoms with E-state index in [1.165, 1.54) is 127 Å². The summed E-state index contributed by atoms with van der Waals surface area (Å²) in [7, 11) is 0. The van der Waals surface area contributed by atoms with E-state index < -0.39 is 0 Å². The lowest BCUT2D eigenvalue weighted by Gasteiger charge is -2.20. The summed E-state index contributed by atoms with van der Waals surface area (Å²) in [5, 5.41) is 3.70. The normalized spacial score (nSPS) is 15.6. The number of ether oxygens (including phenoxy) is 2. The predicted molar refractivity (Wildman–Crippen MR) is 256 cm³/mol. The Labute approximate surface area is 362 Å². The number of hydrogen-bond donors (Lipinski definition) is 1. The molecule has 0 aromatic heterocycles. The van der Waals surface area contributed by atoms with Gasteiger partial charge in [-0.25, -0.2) is 0 Å². The molecule has 1 N–H and O–H groups in total. The molecule has 58 heavy (non-hydrogen) atoms. The van der Waals surface area contributed by atoms with Gasteiger partial charge >= 0.3 is 0 Å². The Hall–Kier alpha value is -2.00. The van der Waals surface area contributed by atoms with E-state index in [9.17, 15) is 0 Å². The minimum Gasteiger partial charge on any atom is -0.494 e. The average Bonchev–Trinajstić information content (AvgIpc) is 3.17. The van der Waals surface area contributed by atoms with Crippen LogP contribution in [0, 0.1) is 47.3 Å². The van der Waals surface area contributed by atoms with Crippen LogP contribution < -0.4 is 14.8 Å².